The van der Waals surface area contributed by atoms with Crippen molar-refractivity contribution in [2.75, 3.05) is 11.1 Å². The van der Waals surface area contributed by atoms with Gasteiger partial charge in [0, 0.05) is 22.6 Å². The molecule has 0 aliphatic rings. The summed E-state index contributed by atoms with van der Waals surface area (Å²) in [5.74, 6) is 0.649. The van der Waals surface area contributed by atoms with Gasteiger partial charge in [-0.2, -0.15) is 0 Å². The molecular formula is C22H18ClN5OS. The molecule has 0 saturated carbocycles. The number of aromatic nitrogens is 4. The first kappa shape index (κ1) is 20.1. The molecule has 6 nitrogen and oxygen atoms in total. The van der Waals surface area contributed by atoms with E-state index in [0.29, 0.717) is 27.4 Å². The summed E-state index contributed by atoms with van der Waals surface area (Å²) in [7, 11) is 0. The van der Waals surface area contributed by atoms with Crippen molar-refractivity contribution in [3.05, 3.63) is 83.5 Å². The van der Waals surface area contributed by atoms with Gasteiger partial charge in [0.1, 0.15) is 5.69 Å². The van der Waals surface area contributed by atoms with E-state index in [-0.39, 0.29) is 11.7 Å². The predicted molar refractivity (Wildman–Crippen MR) is 120 cm³/mol. The number of nitrogens with zero attached hydrogens (tertiary/aromatic N) is 4. The van der Waals surface area contributed by atoms with Crippen molar-refractivity contribution in [3.8, 4) is 17.2 Å². The molecule has 0 atom stereocenters. The number of anilines is 1. The van der Waals surface area contributed by atoms with E-state index in [1.807, 2.05) is 54.0 Å². The summed E-state index contributed by atoms with van der Waals surface area (Å²) >= 11 is 7.29. The lowest BCUT2D eigenvalue weighted by molar-refractivity contribution is -0.113. The molecule has 30 heavy (non-hydrogen) atoms. The fourth-order valence-electron chi connectivity index (χ4n) is 2.84. The Balaban J connectivity index is 1.59. The number of amides is 1. The van der Waals surface area contributed by atoms with E-state index in [1.165, 1.54) is 11.8 Å². The molecule has 0 unspecified atom stereocenters. The second-order valence-corrected chi connectivity index (χ2v) is 7.92. The Hall–Kier alpha value is -3.16. The van der Waals surface area contributed by atoms with Crippen LogP contribution in [0.25, 0.3) is 17.2 Å². The standard InChI is InChI=1S/C22H18ClN5OS/c1-15-8-10-18(11-9-15)28-21(19-7-2-3-12-24-19)26-27-22(28)30-14-20(29)25-17-6-4-5-16(23)13-17/h2-13H,14H2,1H3,(H,25,29). The molecule has 0 fully saturated rings. The van der Waals surface area contributed by atoms with Gasteiger partial charge in [0.25, 0.3) is 0 Å². The van der Waals surface area contributed by atoms with Crippen LogP contribution in [-0.2, 0) is 4.79 Å². The second kappa shape index (κ2) is 9.11. The molecule has 0 aliphatic carbocycles. The quantitative estimate of drug-likeness (QED) is 0.430. The highest BCUT2D eigenvalue weighted by molar-refractivity contribution is 7.99. The minimum absolute atomic E-state index is 0.153. The van der Waals surface area contributed by atoms with Crippen LogP contribution in [0, 0.1) is 6.92 Å². The molecule has 4 rings (SSSR count). The zero-order chi connectivity index (χ0) is 20.9. The molecule has 0 saturated heterocycles. The number of carbonyl (C=O) groups excluding carboxylic acids is 1. The van der Waals surface area contributed by atoms with Crippen molar-refractivity contribution in [2.24, 2.45) is 0 Å². The van der Waals surface area contributed by atoms with E-state index >= 15 is 0 Å². The molecule has 1 amide bonds. The first-order valence-electron chi connectivity index (χ1n) is 9.22. The number of nitrogens with one attached hydrogen (secondary N) is 1. The summed E-state index contributed by atoms with van der Waals surface area (Å²) in [5, 5.41) is 12.7. The Bertz CT molecular complexity index is 1160. The van der Waals surface area contributed by atoms with Crippen molar-refractivity contribution >= 4 is 35.0 Å². The van der Waals surface area contributed by atoms with Crippen molar-refractivity contribution < 1.29 is 4.79 Å². The van der Waals surface area contributed by atoms with E-state index in [1.54, 1.807) is 30.5 Å². The fraction of sp³-hybridized carbons (Fsp3) is 0.0909. The van der Waals surface area contributed by atoms with Crippen LogP contribution in [-0.4, -0.2) is 31.4 Å². The van der Waals surface area contributed by atoms with Crippen LogP contribution >= 0.6 is 23.4 Å². The molecule has 2 heterocycles. The Labute approximate surface area is 183 Å². The largest absolute Gasteiger partial charge is 0.325 e. The van der Waals surface area contributed by atoms with E-state index in [0.717, 1.165) is 11.3 Å². The third-order valence-corrected chi connectivity index (χ3v) is 5.42. The minimum Gasteiger partial charge on any atom is -0.325 e. The molecule has 0 bridgehead atoms. The summed E-state index contributed by atoms with van der Waals surface area (Å²) in [4.78, 5) is 16.8. The smallest absolute Gasteiger partial charge is 0.234 e. The Morgan fingerprint density at radius 1 is 1.07 bits per heavy atom. The number of benzene rings is 2. The van der Waals surface area contributed by atoms with Crippen molar-refractivity contribution in [3.63, 3.8) is 0 Å². The van der Waals surface area contributed by atoms with E-state index in [4.69, 9.17) is 11.6 Å². The first-order valence-corrected chi connectivity index (χ1v) is 10.6. The van der Waals surface area contributed by atoms with Gasteiger partial charge < -0.3 is 5.32 Å². The first-order chi connectivity index (χ1) is 14.6. The van der Waals surface area contributed by atoms with E-state index < -0.39 is 0 Å². The van der Waals surface area contributed by atoms with Gasteiger partial charge in [0.15, 0.2) is 11.0 Å². The Morgan fingerprint density at radius 3 is 2.63 bits per heavy atom. The number of rotatable bonds is 6. The molecule has 150 valence electrons. The molecule has 1 N–H and O–H groups in total. The molecule has 0 aliphatic heterocycles. The van der Waals surface area contributed by atoms with Crippen LogP contribution in [0.2, 0.25) is 5.02 Å². The van der Waals surface area contributed by atoms with Crippen LogP contribution < -0.4 is 5.32 Å². The third kappa shape index (κ3) is 4.69. The van der Waals surface area contributed by atoms with Gasteiger partial charge in [0.2, 0.25) is 5.91 Å². The summed E-state index contributed by atoms with van der Waals surface area (Å²) < 4.78 is 1.92. The van der Waals surface area contributed by atoms with Crippen molar-refractivity contribution in [1.82, 2.24) is 19.7 Å². The maximum absolute atomic E-state index is 12.4. The SMILES string of the molecule is Cc1ccc(-n2c(SCC(=O)Nc3cccc(Cl)c3)nnc2-c2ccccn2)cc1. The number of hydrogen-bond donors (Lipinski definition) is 1. The molecule has 0 radical (unpaired) electrons. The lowest BCUT2D eigenvalue weighted by Gasteiger charge is -2.10. The number of aryl methyl sites for hydroxylation is 1. The Morgan fingerprint density at radius 2 is 1.90 bits per heavy atom. The molecule has 0 spiro atoms. The van der Waals surface area contributed by atoms with E-state index in [2.05, 4.69) is 20.5 Å². The predicted octanol–water partition coefficient (Wildman–Crippen LogP) is 5.02. The van der Waals surface area contributed by atoms with Crippen LogP contribution in [0.3, 0.4) is 0 Å². The van der Waals surface area contributed by atoms with Gasteiger partial charge in [-0.25, -0.2) is 0 Å². The zero-order valence-electron chi connectivity index (χ0n) is 16.1. The van der Waals surface area contributed by atoms with Gasteiger partial charge in [-0.3, -0.25) is 14.3 Å². The molecule has 4 aromatic rings. The Kier molecular flexibility index (Phi) is 6.11. The number of halogens is 1. The van der Waals surface area contributed by atoms with Gasteiger partial charge in [-0.15, -0.1) is 10.2 Å². The fourth-order valence-corrected chi connectivity index (χ4v) is 3.79. The molecule has 2 aromatic carbocycles. The highest BCUT2D eigenvalue weighted by Gasteiger charge is 2.18. The highest BCUT2D eigenvalue weighted by Crippen LogP contribution is 2.27. The van der Waals surface area contributed by atoms with Crippen molar-refractivity contribution in [2.45, 2.75) is 12.1 Å². The number of pyridine rings is 1. The molecule has 2 aromatic heterocycles. The lowest BCUT2D eigenvalue weighted by atomic mass is 10.2. The van der Waals surface area contributed by atoms with Gasteiger partial charge >= 0.3 is 0 Å². The average Bonchev–Trinajstić information content (AvgIpc) is 3.17. The van der Waals surface area contributed by atoms with Crippen LogP contribution in [0.5, 0.6) is 0 Å². The van der Waals surface area contributed by atoms with Gasteiger partial charge in [0.05, 0.1) is 5.75 Å². The van der Waals surface area contributed by atoms with Gasteiger partial charge in [-0.1, -0.05) is 53.2 Å². The summed E-state index contributed by atoms with van der Waals surface area (Å²) in [6.45, 7) is 2.03. The van der Waals surface area contributed by atoms with Crippen LogP contribution in [0.4, 0.5) is 5.69 Å². The number of thioether (sulfide) groups is 1. The minimum atomic E-state index is -0.153. The lowest BCUT2D eigenvalue weighted by Crippen LogP contribution is -2.14. The van der Waals surface area contributed by atoms with Crippen LogP contribution in [0.1, 0.15) is 5.56 Å². The van der Waals surface area contributed by atoms with Crippen molar-refractivity contribution in [1.29, 1.82) is 0 Å². The summed E-state index contributed by atoms with van der Waals surface area (Å²) in [5.41, 5.74) is 3.42. The zero-order valence-corrected chi connectivity index (χ0v) is 17.7. The maximum Gasteiger partial charge on any atom is 0.234 e. The number of hydrogen-bond acceptors (Lipinski definition) is 5. The maximum atomic E-state index is 12.4. The average molecular weight is 436 g/mol. The third-order valence-electron chi connectivity index (χ3n) is 4.26. The van der Waals surface area contributed by atoms with Gasteiger partial charge in [-0.05, 0) is 49.4 Å². The van der Waals surface area contributed by atoms with E-state index in [9.17, 15) is 4.79 Å². The van der Waals surface area contributed by atoms with Crippen LogP contribution in [0.15, 0.2) is 78.1 Å². The topological polar surface area (TPSA) is 72.7 Å². The highest BCUT2D eigenvalue weighted by atomic mass is 35.5. The molecule has 8 heteroatoms. The second-order valence-electron chi connectivity index (χ2n) is 6.54. The summed E-state index contributed by atoms with van der Waals surface area (Å²) in [6, 6.07) is 20.7. The number of carbonyl (C=O) groups is 1. The summed E-state index contributed by atoms with van der Waals surface area (Å²) in [6.07, 6.45) is 1.72. The monoisotopic (exact) mass is 435 g/mol. The molecular weight excluding hydrogens is 418 g/mol. The normalized spacial score (nSPS) is 10.7.